The zero-order valence-corrected chi connectivity index (χ0v) is 12.1. The average molecular weight is 286 g/mol. The van der Waals surface area contributed by atoms with E-state index in [0.717, 1.165) is 17.9 Å². The molecule has 5 nitrogen and oxygen atoms in total. The molecular formula is C16H18N2O3. The summed E-state index contributed by atoms with van der Waals surface area (Å²) in [6.45, 7) is 1.43. The number of methoxy groups -OCH3 is 1. The summed E-state index contributed by atoms with van der Waals surface area (Å²) in [5, 5.41) is 8.94. The fourth-order valence-corrected chi connectivity index (χ4v) is 2.10. The average Bonchev–Trinajstić information content (AvgIpc) is 2.48. The maximum absolute atomic E-state index is 10.9. The zero-order chi connectivity index (χ0) is 15.2. The van der Waals surface area contributed by atoms with Gasteiger partial charge in [0.1, 0.15) is 11.4 Å². The predicted molar refractivity (Wildman–Crippen MR) is 79.4 cm³/mol. The highest BCUT2D eigenvalue weighted by Gasteiger charge is 2.07. The van der Waals surface area contributed by atoms with Gasteiger partial charge in [-0.05, 0) is 42.4 Å². The van der Waals surface area contributed by atoms with Crippen LogP contribution in [-0.4, -0.2) is 35.1 Å². The van der Waals surface area contributed by atoms with Gasteiger partial charge in [-0.25, -0.2) is 9.78 Å². The maximum Gasteiger partial charge on any atom is 0.354 e. The molecular weight excluding hydrogens is 268 g/mol. The molecule has 0 aliphatic heterocycles. The first-order valence-electron chi connectivity index (χ1n) is 6.58. The van der Waals surface area contributed by atoms with Gasteiger partial charge in [-0.15, -0.1) is 0 Å². The molecule has 0 atom stereocenters. The van der Waals surface area contributed by atoms with Crippen molar-refractivity contribution in [3.05, 3.63) is 59.4 Å². The summed E-state index contributed by atoms with van der Waals surface area (Å²) in [4.78, 5) is 16.8. The topological polar surface area (TPSA) is 62.7 Å². The van der Waals surface area contributed by atoms with Gasteiger partial charge in [-0.1, -0.05) is 12.1 Å². The molecule has 2 rings (SSSR count). The normalized spacial score (nSPS) is 10.6. The molecule has 0 radical (unpaired) electrons. The molecule has 0 saturated carbocycles. The lowest BCUT2D eigenvalue weighted by Crippen LogP contribution is -2.17. The van der Waals surface area contributed by atoms with Crippen LogP contribution >= 0.6 is 0 Å². The molecule has 0 fully saturated rings. The van der Waals surface area contributed by atoms with Gasteiger partial charge in [0.25, 0.3) is 0 Å². The van der Waals surface area contributed by atoms with E-state index in [2.05, 4.69) is 9.88 Å². The molecule has 2 aromatic rings. The van der Waals surface area contributed by atoms with E-state index < -0.39 is 5.97 Å². The Morgan fingerprint density at radius 1 is 1.19 bits per heavy atom. The van der Waals surface area contributed by atoms with E-state index in [1.807, 2.05) is 37.4 Å². The van der Waals surface area contributed by atoms with Crippen molar-refractivity contribution in [1.29, 1.82) is 0 Å². The summed E-state index contributed by atoms with van der Waals surface area (Å²) in [5.41, 5.74) is 2.18. The minimum atomic E-state index is -1.00. The third kappa shape index (κ3) is 4.29. The van der Waals surface area contributed by atoms with E-state index in [9.17, 15) is 4.79 Å². The molecule has 5 heteroatoms. The van der Waals surface area contributed by atoms with Crippen molar-refractivity contribution >= 4 is 5.97 Å². The third-order valence-electron chi connectivity index (χ3n) is 3.11. The Morgan fingerprint density at radius 2 is 1.86 bits per heavy atom. The molecule has 0 bridgehead atoms. The van der Waals surface area contributed by atoms with Gasteiger partial charge >= 0.3 is 5.97 Å². The van der Waals surface area contributed by atoms with Crippen LogP contribution in [0.3, 0.4) is 0 Å². The number of rotatable bonds is 6. The number of aromatic carboxylic acids is 1. The Kier molecular flexibility index (Phi) is 4.90. The maximum atomic E-state index is 10.9. The van der Waals surface area contributed by atoms with Crippen LogP contribution in [0.25, 0.3) is 0 Å². The SMILES string of the molecule is COc1ccc(CN(C)Cc2ccnc(C(=O)O)c2)cc1. The predicted octanol–water partition coefficient (Wildman–Crippen LogP) is 2.42. The number of benzene rings is 1. The van der Waals surface area contributed by atoms with E-state index in [4.69, 9.17) is 9.84 Å². The van der Waals surface area contributed by atoms with Crippen molar-refractivity contribution < 1.29 is 14.6 Å². The van der Waals surface area contributed by atoms with Gasteiger partial charge in [-0.3, -0.25) is 4.90 Å². The molecule has 0 aliphatic rings. The first-order chi connectivity index (χ1) is 10.1. The number of ether oxygens (including phenoxy) is 1. The van der Waals surface area contributed by atoms with Crippen molar-refractivity contribution in [3.63, 3.8) is 0 Å². The molecule has 21 heavy (non-hydrogen) atoms. The van der Waals surface area contributed by atoms with E-state index >= 15 is 0 Å². The minimum Gasteiger partial charge on any atom is -0.497 e. The first kappa shape index (κ1) is 15.0. The standard InChI is InChI=1S/C16H18N2O3/c1-18(10-12-3-5-14(21-2)6-4-12)11-13-7-8-17-15(9-13)16(19)20/h3-9H,10-11H2,1-2H3,(H,19,20). The molecule has 0 saturated heterocycles. The van der Waals surface area contributed by atoms with Crippen molar-refractivity contribution in [2.24, 2.45) is 0 Å². The summed E-state index contributed by atoms with van der Waals surface area (Å²) in [7, 11) is 3.63. The number of carboxylic acids is 1. The summed E-state index contributed by atoms with van der Waals surface area (Å²) in [6.07, 6.45) is 1.53. The Bertz CT molecular complexity index is 611. The molecule has 1 heterocycles. The Labute approximate surface area is 123 Å². The zero-order valence-electron chi connectivity index (χ0n) is 12.1. The van der Waals surface area contributed by atoms with Crippen molar-refractivity contribution in [2.45, 2.75) is 13.1 Å². The first-order valence-corrected chi connectivity index (χ1v) is 6.58. The van der Waals surface area contributed by atoms with Crippen LogP contribution in [0.1, 0.15) is 21.6 Å². The molecule has 1 aromatic heterocycles. The van der Waals surface area contributed by atoms with Crippen LogP contribution in [0, 0.1) is 0 Å². The molecule has 1 aromatic carbocycles. The Morgan fingerprint density at radius 3 is 2.48 bits per heavy atom. The lowest BCUT2D eigenvalue weighted by molar-refractivity contribution is 0.0690. The summed E-state index contributed by atoms with van der Waals surface area (Å²) >= 11 is 0. The van der Waals surface area contributed by atoms with Gasteiger partial charge < -0.3 is 9.84 Å². The van der Waals surface area contributed by atoms with Crippen LogP contribution in [0.2, 0.25) is 0 Å². The second-order valence-electron chi connectivity index (χ2n) is 4.87. The third-order valence-corrected chi connectivity index (χ3v) is 3.11. The number of pyridine rings is 1. The van der Waals surface area contributed by atoms with Gasteiger partial charge in [-0.2, -0.15) is 0 Å². The lowest BCUT2D eigenvalue weighted by atomic mass is 10.2. The molecule has 0 aliphatic carbocycles. The second-order valence-corrected chi connectivity index (χ2v) is 4.87. The van der Waals surface area contributed by atoms with Gasteiger partial charge in [0.15, 0.2) is 0 Å². The number of hydrogen-bond donors (Lipinski definition) is 1. The number of aromatic nitrogens is 1. The Hall–Kier alpha value is -2.40. The van der Waals surface area contributed by atoms with Crippen LogP contribution in [-0.2, 0) is 13.1 Å². The largest absolute Gasteiger partial charge is 0.497 e. The van der Waals surface area contributed by atoms with Crippen LogP contribution in [0.4, 0.5) is 0 Å². The summed E-state index contributed by atoms with van der Waals surface area (Å²) < 4.78 is 5.13. The van der Waals surface area contributed by atoms with Crippen molar-refractivity contribution in [3.8, 4) is 5.75 Å². The molecule has 0 spiro atoms. The van der Waals surface area contributed by atoms with Crippen LogP contribution in [0.5, 0.6) is 5.75 Å². The molecule has 110 valence electrons. The van der Waals surface area contributed by atoms with Gasteiger partial charge in [0.05, 0.1) is 7.11 Å². The van der Waals surface area contributed by atoms with Crippen molar-refractivity contribution in [2.75, 3.05) is 14.2 Å². The number of hydrogen-bond acceptors (Lipinski definition) is 4. The molecule has 0 unspecified atom stereocenters. The molecule has 0 amide bonds. The second kappa shape index (κ2) is 6.85. The van der Waals surface area contributed by atoms with Crippen molar-refractivity contribution in [1.82, 2.24) is 9.88 Å². The highest BCUT2D eigenvalue weighted by molar-refractivity contribution is 5.85. The highest BCUT2D eigenvalue weighted by atomic mass is 16.5. The van der Waals surface area contributed by atoms with E-state index in [0.29, 0.717) is 6.54 Å². The van der Waals surface area contributed by atoms with Gasteiger partial charge in [0, 0.05) is 19.3 Å². The summed E-state index contributed by atoms with van der Waals surface area (Å²) in [5.74, 6) is -0.170. The lowest BCUT2D eigenvalue weighted by Gasteiger charge is -2.17. The fourth-order valence-electron chi connectivity index (χ4n) is 2.10. The van der Waals surface area contributed by atoms with E-state index in [1.54, 1.807) is 13.2 Å². The van der Waals surface area contributed by atoms with Gasteiger partial charge in [0.2, 0.25) is 0 Å². The highest BCUT2D eigenvalue weighted by Crippen LogP contribution is 2.14. The monoisotopic (exact) mass is 286 g/mol. The fraction of sp³-hybridized carbons (Fsp3) is 0.250. The van der Waals surface area contributed by atoms with Crippen LogP contribution in [0.15, 0.2) is 42.6 Å². The smallest absolute Gasteiger partial charge is 0.354 e. The number of carboxylic acid groups (broad SMARTS) is 1. The number of nitrogens with zero attached hydrogens (tertiary/aromatic N) is 2. The quantitative estimate of drug-likeness (QED) is 0.883. The number of carbonyl (C=O) groups is 1. The Balaban J connectivity index is 1.98. The van der Waals surface area contributed by atoms with E-state index in [-0.39, 0.29) is 5.69 Å². The minimum absolute atomic E-state index is 0.0744. The molecule has 1 N–H and O–H groups in total. The van der Waals surface area contributed by atoms with Crippen LogP contribution < -0.4 is 4.74 Å². The van der Waals surface area contributed by atoms with E-state index in [1.165, 1.54) is 11.8 Å². The summed E-state index contributed by atoms with van der Waals surface area (Å²) in [6, 6.07) is 11.3.